The lowest BCUT2D eigenvalue weighted by molar-refractivity contribution is 0.218. The van der Waals surface area contributed by atoms with E-state index in [9.17, 15) is 0 Å². The molecule has 17 heavy (non-hydrogen) atoms. The zero-order valence-electron chi connectivity index (χ0n) is 10.2. The first-order chi connectivity index (χ1) is 8.35. The summed E-state index contributed by atoms with van der Waals surface area (Å²) in [7, 11) is 0. The number of benzene rings is 1. The van der Waals surface area contributed by atoms with Gasteiger partial charge in [0.05, 0.1) is 0 Å². The molecule has 0 bridgehead atoms. The topological polar surface area (TPSA) is 48.0 Å². The predicted molar refractivity (Wildman–Crippen MR) is 70.9 cm³/mol. The molecular formula is C14H20N2O. The van der Waals surface area contributed by atoms with E-state index in [0.717, 1.165) is 19.5 Å². The van der Waals surface area contributed by atoms with Gasteiger partial charge >= 0.3 is 0 Å². The molecule has 0 spiro atoms. The number of fused-ring (bicyclic) bond motifs is 1. The monoisotopic (exact) mass is 232 g/mol. The molecule has 0 radical (unpaired) electrons. The standard InChI is InChI=1S/C14H20N2O/c1-2-11(10-17)7-15-8-12-9-16-14-6-4-3-5-13(12)14/h3-6,9,11,15-17H,2,7-8,10H2,1H3. The summed E-state index contributed by atoms with van der Waals surface area (Å²) in [6.45, 7) is 4.08. The Hall–Kier alpha value is -1.32. The fourth-order valence-electron chi connectivity index (χ4n) is 2.03. The molecule has 2 rings (SSSR count). The van der Waals surface area contributed by atoms with Crippen LogP contribution in [0, 0.1) is 5.92 Å². The Bertz CT molecular complexity index is 460. The van der Waals surface area contributed by atoms with Crippen LogP contribution in [0.2, 0.25) is 0 Å². The van der Waals surface area contributed by atoms with Crippen LogP contribution in [-0.4, -0.2) is 23.2 Å². The summed E-state index contributed by atoms with van der Waals surface area (Å²) in [6, 6.07) is 8.31. The third-order valence-corrected chi connectivity index (χ3v) is 3.26. The third-order valence-electron chi connectivity index (χ3n) is 3.26. The van der Waals surface area contributed by atoms with Crippen LogP contribution in [-0.2, 0) is 6.54 Å². The molecule has 0 saturated carbocycles. The minimum atomic E-state index is 0.261. The Balaban J connectivity index is 1.95. The van der Waals surface area contributed by atoms with Crippen molar-refractivity contribution in [3.63, 3.8) is 0 Å². The van der Waals surface area contributed by atoms with E-state index in [4.69, 9.17) is 5.11 Å². The molecule has 1 aromatic heterocycles. The number of aromatic amines is 1. The van der Waals surface area contributed by atoms with Gasteiger partial charge in [0.15, 0.2) is 0 Å². The van der Waals surface area contributed by atoms with Gasteiger partial charge < -0.3 is 15.4 Å². The highest BCUT2D eigenvalue weighted by atomic mass is 16.3. The molecule has 3 nitrogen and oxygen atoms in total. The minimum absolute atomic E-state index is 0.261. The number of hydrogen-bond donors (Lipinski definition) is 3. The van der Waals surface area contributed by atoms with Gasteiger partial charge in [0.25, 0.3) is 0 Å². The summed E-state index contributed by atoms with van der Waals surface area (Å²) in [6.07, 6.45) is 3.06. The highest BCUT2D eigenvalue weighted by Crippen LogP contribution is 2.17. The van der Waals surface area contributed by atoms with E-state index in [0.29, 0.717) is 5.92 Å². The molecule has 1 heterocycles. The van der Waals surface area contributed by atoms with Crippen LogP contribution in [0.3, 0.4) is 0 Å². The van der Waals surface area contributed by atoms with E-state index in [-0.39, 0.29) is 6.61 Å². The zero-order valence-corrected chi connectivity index (χ0v) is 10.2. The Morgan fingerprint density at radius 2 is 2.18 bits per heavy atom. The average Bonchev–Trinajstić information content (AvgIpc) is 2.78. The van der Waals surface area contributed by atoms with Gasteiger partial charge in [-0.05, 0) is 24.0 Å². The molecule has 0 aliphatic rings. The second-order valence-electron chi connectivity index (χ2n) is 4.45. The molecule has 3 heteroatoms. The fourth-order valence-corrected chi connectivity index (χ4v) is 2.03. The number of aliphatic hydroxyl groups excluding tert-OH is 1. The summed E-state index contributed by atoms with van der Waals surface area (Å²) in [4.78, 5) is 3.26. The van der Waals surface area contributed by atoms with Gasteiger partial charge in [-0.3, -0.25) is 0 Å². The average molecular weight is 232 g/mol. The fraction of sp³-hybridized carbons (Fsp3) is 0.429. The van der Waals surface area contributed by atoms with Crippen molar-refractivity contribution in [1.82, 2.24) is 10.3 Å². The molecule has 1 atom stereocenters. The van der Waals surface area contributed by atoms with E-state index in [2.05, 4.69) is 41.6 Å². The number of nitrogens with one attached hydrogen (secondary N) is 2. The Labute approximate surface area is 102 Å². The normalized spacial score (nSPS) is 13.1. The molecular weight excluding hydrogens is 212 g/mol. The van der Waals surface area contributed by atoms with Crippen LogP contribution in [0.15, 0.2) is 30.5 Å². The number of aromatic nitrogens is 1. The smallest absolute Gasteiger partial charge is 0.0471 e. The molecule has 1 aromatic carbocycles. The Morgan fingerprint density at radius 1 is 1.35 bits per heavy atom. The number of aliphatic hydroxyl groups is 1. The summed E-state index contributed by atoms with van der Waals surface area (Å²) in [5.74, 6) is 0.361. The van der Waals surface area contributed by atoms with Crippen molar-refractivity contribution in [2.24, 2.45) is 5.92 Å². The lowest BCUT2D eigenvalue weighted by atomic mass is 10.1. The van der Waals surface area contributed by atoms with Gasteiger partial charge in [0, 0.05) is 36.8 Å². The predicted octanol–water partition coefficient (Wildman–Crippen LogP) is 2.28. The molecule has 0 fully saturated rings. The van der Waals surface area contributed by atoms with Crippen molar-refractivity contribution in [1.29, 1.82) is 0 Å². The Morgan fingerprint density at radius 3 is 2.94 bits per heavy atom. The molecule has 3 N–H and O–H groups in total. The van der Waals surface area contributed by atoms with Crippen molar-refractivity contribution in [3.8, 4) is 0 Å². The number of H-pyrrole nitrogens is 1. The van der Waals surface area contributed by atoms with E-state index >= 15 is 0 Å². The summed E-state index contributed by atoms with van der Waals surface area (Å²) >= 11 is 0. The maximum Gasteiger partial charge on any atom is 0.0471 e. The van der Waals surface area contributed by atoms with Crippen LogP contribution in [0.25, 0.3) is 10.9 Å². The van der Waals surface area contributed by atoms with Crippen LogP contribution in [0.4, 0.5) is 0 Å². The third kappa shape index (κ3) is 2.87. The van der Waals surface area contributed by atoms with Gasteiger partial charge in [-0.15, -0.1) is 0 Å². The first-order valence-corrected chi connectivity index (χ1v) is 6.21. The summed E-state index contributed by atoms with van der Waals surface area (Å²) in [5, 5.41) is 13.8. The van der Waals surface area contributed by atoms with E-state index < -0.39 is 0 Å². The summed E-state index contributed by atoms with van der Waals surface area (Å²) in [5.41, 5.74) is 2.46. The van der Waals surface area contributed by atoms with Crippen LogP contribution < -0.4 is 5.32 Å². The second-order valence-corrected chi connectivity index (χ2v) is 4.45. The van der Waals surface area contributed by atoms with Crippen molar-refractivity contribution in [2.75, 3.05) is 13.2 Å². The van der Waals surface area contributed by atoms with E-state index in [1.807, 2.05) is 6.07 Å². The molecule has 1 unspecified atom stereocenters. The van der Waals surface area contributed by atoms with Crippen LogP contribution in [0.1, 0.15) is 18.9 Å². The molecule has 2 aromatic rings. The lowest BCUT2D eigenvalue weighted by Gasteiger charge is -2.12. The number of para-hydroxylation sites is 1. The van der Waals surface area contributed by atoms with Gasteiger partial charge in [-0.2, -0.15) is 0 Å². The van der Waals surface area contributed by atoms with E-state index in [1.165, 1.54) is 16.5 Å². The number of hydrogen-bond acceptors (Lipinski definition) is 2. The van der Waals surface area contributed by atoms with E-state index in [1.54, 1.807) is 0 Å². The first-order valence-electron chi connectivity index (χ1n) is 6.21. The van der Waals surface area contributed by atoms with Crippen molar-refractivity contribution in [3.05, 3.63) is 36.0 Å². The lowest BCUT2D eigenvalue weighted by Crippen LogP contribution is -2.24. The zero-order chi connectivity index (χ0) is 12.1. The van der Waals surface area contributed by atoms with Gasteiger partial charge in [-0.25, -0.2) is 0 Å². The molecule has 0 amide bonds. The van der Waals surface area contributed by atoms with Crippen molar-refractivity contribution >= 4 is 10.9 Å². The Kier molecular flexibility index (Phi) is 4.18. The highest BCUT2D eigenvalue weighted by Gasteiger charge is 2.05. The highest BCUT2D eigenvalue weighted by molar-refractivity contribution is 5.82. The number of rotatable bonds is 6. The van der Waals surface area contributed by atoms with Gasteiger partial charge in [-0.1, -0.05) is 25.1 Å². The first kappa shape index (κ1) is 12.1. The maximum atomic E-state index is 9.11. The molecule has 0 aliphatic heterocycles. The quantitative estimate of drug-likeness (QED) is 0.715. The molecule has 92 valence electrons. The largest absolute Gasteiger partial charge is 0.396 e. The second kappa shape index (κ2) is 5.84. The molecule has 0 saturated heterocycles. The summed E-state index contributed by atoms with van der Waals surface area (Å²) < 4.78 is 0. The molecule has 0 aliphatic carbocycles. The SMILES string of the molecule is CCC(CO)CNCc1c[nH]c2ccccc12. The maximum absolute atomic E-state index is 9.11. The van der Waals surface area contributed by atoms with Crippen LogP contribution >= 0.6 is 0 Å². The van der Waals surface area contributed by atoms with Crippen molar-refractivity contribution in [2.45, 2.75) is 19.9 Å². The van der Waals surface area contributed by atoms with Gasteiger partial charge in [0.2, 0.25) is 0 Å². The van der Waals surface area contributed by atoms with Gasteiger partial charge in [0.1, 0.15) is 0 Å². The minimum Gasteiger partial charge on any atom is -0.396 e. The van der Waals surface area contributed by atoms with Crippen molar-refractivity contribution < 1.29 is 5.11 Å². The van der Waals surface area contributed by atoms with Crippen LogP contribution in [0.5, 0.6) is 0 Å².